The van der Waals surface area contributed by atoms with E-state index in [2.05, 4.69) is 244 Å². The van der Waals surface area contributed by atoms with Gasteiger partial charge in [-0.1, -0.05) is 200 Å². The van der Waals surface area contributed by atoms with Crippen LogP contribution in [-0.4, -0.2) is 19.9 Å². The van der Waals surface area contributed by atoms with Crippen LogP contribution in [0.5, 0.6) is 0 Å². The standard InChI is InChI=1S/2C21H20N.C20H18N.C17H12N.4Ir/c1-21(2,3)19-12-13-22-20(15-19)18-11-7-10-17(14-18)16-8-5-4-6-9-16;1-3-16-12-17(4-2)14-20(13-16)18-8-7-9-19(15-18)21-10-5-6-11-22-21;1-15(2)19-11-12-20(21-14-19)18-10-6-9-17(13-18)16-7-4-3-5-8-16;1-2-7-14(8-3-1)15-9-6-10-16(13-15)17-11-4-5-12-18-17;;;;/h4-10,12-15H,1-3H3;5-8,10-15H,3-4H2,1-2H3;3-9,11-15H,1-2H3;1-9,11-13H;;;;/q4*-1;;;;. The fourth-order valence-electron chi connectivity index (χ4n) is 9.40. The summed E-state index contributed by atoms with van der Waals surface area (Å²) >= 11 is 0. The molecule has 8 aromatic carbocycles. The number of nitrogens with zero attached hydrogens (tertiary/aromatic N) is 4. The molecule has 0 saturated heterocycles. The summed E-state index contributed by atoms with van der Waals surface area (Å²) < 4.78 is 0. The maximum atomic E-state index is 4.57. The van der Waals surface area contributed by atoms with E-state index in [1.807, 2.05) is 110 Å². The molecule has 0 saturated carbocycles. The molecule has 4 heterocycles. The van der Waals surface area contributed by atoms with Gasteiger partial charge >= 0.3 is 0 Å². The normalized spacial score (nSPS) is 10.3. The summed E-state index contributed by atoms with van der Waals surface area (Å²) in [6, 6.07) is 96.3. The maximum Gasteiger partial charge on any atom is 0.0195 e. The Morgan fingerprint density at radius 3 is 1.05 bits per heavy atom. The van der Waals surface area contributed by atoms with Crippen molar-refractivity contribution in [3.63, 3.8) is 0 Å². The molecule has 12 rings (SSSR count). The van der Waals surface area contributed by atoms with E-state index in [0.29, 0.717) is 5.92 Å². The summed E-state index contributed by atoms with van der Waals surface area (Å²) in [4.78, 5) is 17.9. The van der Waals surface area contributed by atoms with Gasteiger partial charge in [-0.25, -0.2) is 0 Å². The zero-order valence-electron chi connectivity index (χ0n) is 50.0. The van der Waals surface area contributed by atoms with E-state index in [1.165, 1.54) is 66.8 Å². The van der Waals surface area contributed by atoms with Gasteiger partial charge in [-0.05, 0) is 110 Å². The first-order valence-electron chi connectivity index (χ1n) is 28.6. The minimum atomic E-state index is 0. The summed E-state index contributed by atoms with van der Waals surface area (Å²) in [5.41, 5.74) is 23.2. The summed E-state index contributed by atoms with van der Waals surface area (Å²) in [6.07, 6.45) is 9.60. The first-order chi connectivity index (χ1) is 40.5. The van der Waals surface area contributed by atoms with Crippen LogP contribution in [0.3, 0.4) is 0 Å². The van der Waals surface area contributed by atoms with Crippen LogP contribution in [0.1, 0.15) is 76.6 Å². The molecule has 0 bridgehead atoms. The van der Waals surface area contributed by atoms with Crippen LogP contribution in [0, 0.1) is 24.3 Å². The van der Waals surface area contributed by atoms with Crippen molar-refractivity contribution in [2.75, 3.05) is 0 Å². The number of aromatic nitrogens is 4. The predicted octanol–water partition coefficient (Wildman–Crippen LogP) is 20.4. The van der Waals surface area contributed by atoms with E-state index >= 15 is 0 Å². The second-order valence-corrected chi connectivity index (χ2v) is 21.5. The molecular formula is C79H70Ir4N4-4. The Labute approximate surface area is 571 Å². The fourth-order valence-corrected chi connectivity index (χ4v) is 9.40. The zero-order valence-corrected chi connectivity index (χ0v) is 59.6. The van der Waals surface area contributed by atoms with Gasteiger partial charge in [0.25, 0.3) is 0 Å². The molecule has 4 radical (unpaired) electrons. The molecule has 8 heteroatoms. The average molecular weight is 1840 g/mol. The third kappa shape index (κ3) is 20.5. The van der Waals surface area contributed by atoms with Gasteiger partial charge in [0.1, 0.15) is 0 Å². The molecule has 0 unspecified atom stereocenters. The van der Waals surface area contributed by atoms with Crippen LogP contribution in [0.4, 0.5) is 0 Å². The van der Waals surface area contributed by atoms with Crippen LogP contribution in [0.15, 0.2) is 267 Å². The van der Waals surface area contributed by atoms with E-state index in [0.717, 1.165) is 57.9 Å². The Bertz CT molecular complexity index is 3850. The molecule has 0 N–H and O–H groups in total. The molecule has 0 aliphatic heterocycles. The molecular weight excluding hydrogens is 1770 g/mol. The number of hydrogen-bond donors (Lipinski definition) is 0. The quantitative estimate of drug-likeness (QED) is 0.121. The van der Waals surface area contributed by atoms with Crippen molar-refractivity contribution in [1.29, 1.82) is 0 Å². The van der Waals surface area contributed by atoms with Gasteiger partial charge in [0.2, 0.25) is 0 Å². The SMILES string of the molecule is CC(C)(C)c1ccnc(-c2[c-]ccc(-c3ccccc3)c2)c1.CC(C)c1ccc(-c2[c-]ccc(-c3ccccc3)c2)nc1.CCc1cc(CC)cc(-c2cc[c-]c(-c3ccccn3)c2)c1.[Ir].[Ir].[Ir].[Ir].[c-]1ccc(-c2ccccc2)cc1-c1ccccn1. The smallest absolute Gasteiger partial charge is 0.0195 e. The van der Waals surface area contributed by atoms with Crippen molar-refractivity contribution in [3.05, 3.63) is 314 Å². The van der Waals surface area contributed by atoms with Crippen molar-refractivity contribution in [1.82, 2.24) is 19.9 Å². The van der Waals surface area contributed by atoms with Gasteiger partial charge < -0.3 is 19.9 Å². The minimum Gasteiger partial charge on any atom is -0.305 e. The summed E-state index contributed by atoms with van der Waals surface area (Å²) in [5.74, 6) is 0.506. The Kier molecular flexibility index (Phi) is 29.0. The molecule has 446 valence electrons. The Morgan fingerprint density at radius 1 is 0.333 bits per heavy atom. The Hall–Kier alpha value is -7.04. The minimum absolute atomic E-state index is 0. The molecule has 4 nitrogen and oxygen atoms in total. The number of aryl methyl sites for hydroxylation is 2. The first-order valence-corrected chi connectivity index (χ1v) is 28.6. The molecule has 0 aliphatic rings. The van der Waals surface area contributed by atoms with Crippen LogP contribution in [0.2, 0.25) is 0 Å². The number of hydrogen-bond acceptors (Lipinski definition) is 4. The molecule has 0 spiro atoms. The van der Waals surface area contributed by atoms with Crippen molar-refractivity contribution >= 4 is 0 Å². The number of benzene rings is 8. The summed E-state index contributed by atoms with van der Waals surface area (Å²) in [5, 5.41) is 0. The van der Waals surface area contributed by atoms with Crippen molar-refractivity contribution in [3.8, 4) is 89.5 Å². The van der Waals surface area contributed by atoms with Gasteiger partial charge in [-0.2, -0.15) is 0 Å². The van der Waals surface area contributed by atoms with Gasteiger partial charge in [0, 0.05) is 105 Å². The average Bonchev–Trinajstić information content (AvgIpc) is 3.06. The zero-order chi connectivity index (χ0) is 57.8. The molecule has 87 heavy (non-hydrogen) atoms. The van der Waals surface area contributed by atoms with E-state index in [-0.39, 0.29) is 85.8 Å². The number of pyridine rings is 4. The van der Waals surface area contributed by atoms with Crippen LogP contribution in [0.25, 0.3) is 89.5 Å². The fraction of sp³-hybridized carbons (Fsp3) is 0.139. The molecule has 0 fully saturated rings. The van der Waals surface area contributed by atoms with E-state index in [9.17, 15) is 0 Å². The van der Waals surface area contributed by atoms with E-state index < -0.39 is 0 Å². The van der Waals surface area contributed by atoms with E-state index in [1.54, 1.807) is 6.20 Å². The largest absolute Gasteiger partial charge is 0.305 e. The summed E-state index contributed by atoms with van der Waals surface area (Å²) in [7, 11) is 0. The first kappa shape index (κ1) is 70.7. The maximum absolute atomic E-state index is 4.57. The Balaban J connectivity index is 0.000000209. The second-order valence-electron chi connectivity index (χ2n) is 21.5. The topological polar surface area (TPSA) is 51.6 Å². The predicted molar refractivity (Wildman–Crippen MR) is 347 cm³/mol. The van der Waals surface area contributed by atoms with Crippen molar-refractivity contribution in [2.45, 2.75) is 72.6 Å². The number of rotatable bonds is 11. The third-order valence-electron chi connectivity index (χ3n) is 14.2. The van der Waals surface area contributed by atoms with Gasteiger partial charge in [0.15, 0.2) is 0 Å². The van der Waals surface area contributed by atoms with Gasteiger partial charge in [-0.15, -0.1) is 142 Å². The van der Waals surface area contributed by atoms with Crippen LogP contribution < -0.4 is 0 Å². The second kappa shape index (κ2) is 35.7. The summed E-state index contributed by atoms with van der Waals surface area (Å²) in [6.45, 7) is 15.4. The molecule has 0 atom stereocenters. The third-order valence-corrected chi connectivity index (χ3v) is 14.2. The van der Waals surface area contributed by atoms with Crippen LogP contribution in [-0.2, 0) is 98.7 Å². The molecule has 0 aliphatic carbocycles. The van der Waals surface area contributed by atoms with E-state index in [4.69, 9.17) is 0 Å². The molecule has 0 amide bonds. The van der Waals surface area contributed by atoms with Gasteiger partial charge in [-0.3, -0.25) is 0 Å². The monoisotopic (exact) mass is 1850 g/mol. The van der Waals surface area contributed by atoms with Crippen LogP contribution >= 0.6 is 0 Å². The van der Waals surface area contributed by atoms with Gasteiger partial charge in [0.05, 0.1) is 0 Å². The Morgan fingerprint density at radius 2 is 0.701 bits per heavy atom. The van der Waals surface area contributed by atoms with Crippen molar-refractivity contribution < 1.29 is 80.4 Å². The molecule has 4 aromatic heterocycles. The van der Waals surface area contributed by atoms with Crippen molar-refractivity contribution in [2.24, 2.45) is 0 Å². The molecule has 12 aromatic rings.